The summed E-state index contributed by atoms with van der Waals surface area (Å²) < 4.78 is 0. The summed E-state index contributed by atoms with van der Waals surface area (Å²) in [5.74, 6) is 0. The Morgan fingerprint density at radius 1 is 0.311 bits per heavy atom. The summed E-state index contributed by atoms with van der Waals surface area (Å²) in [4.78, 5) is 0. The van der Waals surface area contributed by atoms with E-state index >= 15 is 0 Å². The molecule has 6 rings (SSSR count). The van der Waals surface area contributed by atoms with Gasteiger partial charge in [0.1, 0.15) is 0 Å². The van der Waals surface area contributed by atoms with Crippen molar-refractivity contribution in [2.24, 2.45) is 0 Å². The Balaban J connectivity index is 1.01. The van der Waals surface area contributed by atoms with Gasteiger partial charge < -0.3 is 11.5 Å². The smallest absolute Gasteiger partial charge is 0.0314 e. The van der Waals surface area contributed by atoms with Crippen LogP contribution in [0, 0.1) is 0 Å². The lowest BCUT2D eigenvalue weighted by atomic mass is 9.93. The van der Waals surface area contributed by atoms with E-state index < -0.39 is 0 Å². The zero-order valence-electron chi connectivity index (χ0n) is 26.2. The third kappa shape index (κ3) is 8.31. The molecule has 0 aromatic heterocycles. The molecule has 0 unspecified atom stereocenters. The summed E-state index contributed by atoms with van der Waals surface area (Å²) in [6.45, 7) is 2.24. The molecule has 224 valence electrons. The van der Waals surface area contributed by atoms with Crippen LogP contribution < -0.4 is 11.5 Å². The molecule has 4 N–H and O–H groups in total. The van der Waals surface area contributed by atoms with E-state index in [1.54, 1.807) is 0 Å². The van der Waals surface area contributed by atoms with Gasteiger partial charge in [0.05, 0.1) is 0 Å². The second-order valence-electron chi connectivity index (χ2n) is 12.3. The topological polar surface area (TPSA) is 52.0 Å². The Kier molecular flexibility index (Phi) is 9.41. The lowest BCUT2D eigenvalue weighted by Gasteiger charge is -2.12. The van der Waals surface area contributed by atoms with Crippen molar-refractivity contribution < 1.29 is 0 Å². The first-order valence-corrected chi connectivity index (χ1v) is 16.0. The normalized spacial score (nSPS) is 11.0. The predicted octanol–water partition coefficient (Wildman–Crippen LogP) is 9.37. The number of nitrogens with two attached hydrogens (primary N) is 2. The van der Waals surface area contributed by atoms with Crippen molar-refractivity contribution >= 4 is 11.4 Å². The van der Waals surface area contributed by atoms with E-state index in [0.29, 0.717) is 0 Å². The van der Waals surface area contributed by atoms with Gasteiger partial charge in [0.15, 0.2) is 0 Å². The molecule has 0 saturated heterocycles. The molecule has 2 nitrogen and oxygen atoms in total. The fraction of sp³-hybridized carbons (Fsp3) is 0.163. The Morgan fingerprint density at radius 3 is 0.911 bits per heavy atom. The van der Waals surface area contributed by atoms with Crippen LogP contribution in [0.5, 0.6) is 0 Å². The third-order valence-corrected chi connectivity index (χ3v) is 8.71. The van der Waals surface area contributed by atoms with Crippen LogP contribution in [0.15, 0.2) is 140 Å². The van der Waals surface area contributed by atoms with Crippen molar-refractivity contribution in [3.63, 3.8) is 0 Å². The van der Waals surface area contributed by atoms with Crippen molar-refractivity contribution in [3.05, 3.63) is 201 Å². The average Bonchev–Trinajstić information content (AvgIpc) is 3.06. The fourth-order valence-electron chi connectivity index (χ4n) is 6.05. The molecule has 0 fully saturated rings. The predicted molar refractivity (Wildman–Crippen MR) is 191 cm³/mol. The Bertz CT molecular complexity index is 1810. The molecule has 0 aliphatic heterocycles. The van der Waals surface area contributed by atoms with Crippen LogP contribution in [0.4, 0.5) is 11.4 Å². The van der Waals surface area contributed by atoms with Gasteiger partial charge in [-0.05, 0) is 124 Å². The Hall–Kier alpha value is -5.08. The molecular formula is C43H42N2. The van der Waals surface area contributed by atoms with Gasteiger partial charge in [-0.15, -0.1) is 0 Å². The van der Waals surface area contributed by atoms with Gasteiger partial charge in [-0.2, -0.15) is 0 Å². The van der Waals surface area contributed by atoms with Crippen LogP contribution in [0.2, 0.25) is 0 Å². The highest BCUT2D eigenvalue weighted by molar-refractivity contribution is 5.44. The van der Waals surface area contributed by atoms with Gasteiger partial charge in [0.25, 0.3) is 0 Å². The lowest BCUT2D eigenvalue weighted by Crippen LogP contribution is -1.98. The first-order valence-electron chi connectivity index (χ1n) is 16.0. The molecule has 0 amide bonds. The van der Waals surface area contributed by atoms with Gasteiger partial charge in [-0.25, -0.2) is 0 Å². The van der Waals surface area contributed by atoms with Crippen LogP contribution in [0.3, 0.4) is 0 Å². The number of anilines is 2. The largest absolute Gasteiger partial charge is 0.399 e. The lowest BCUT2D eigenvalue weighted by molar-refractivity contribution is 1.04. The monoisotopic (exact) mass is 586 g/mol. The molecular weight excluding hydrogens is 544 g/mol. The van der Waals surface area contributed by atoms with Crippen LogP contribution in [0.1, 0.15) is 68.1 Å². The first-order chi connectivity index (χ1) is 22.0. The SMILES string of the molecule is CCc1cc(Cc2ccc(Cc3ccc(Cc4ccc(Cc5ccc(N)cc5)cc4)cc3)cc2)ccc1Cc1ccc(N)cc1. The summed E-state index contributed by atoms with van der Waals surface area (Å²) >= 11 is 0. The molecule has 0 saturated carbocycles. The summed E-state index contributed by atoms with van der Waals surface area (Å²) in [5.41, 5.74) is 28.1. The number of aryl methyl sites for hydroxylation is 1. The van der Waals surface area contributed by atoms with E-state index in [1.165, 1.54) is 61.2 Å². The highest BCUT2D eigenvalue weighted by Gasteiger charge is 2.07. The quantitative estimate of drug-likeness (QED) is 0.149. The number of benzene rings is 6. The van der Waals surface area contributed by atoms with E-state index in [1.807, 2.05) is 24.3 Å². The molecule has 6 aromatic rings. The van der Waals surface area contributed by atoms with Gasteiger partial charge in [-0.3, -0.25) is 0 Å². The van der Waals surface area contributed by atoms with Gasteiger partial charge in [0.2, 0.25) is 0 Å². The summed E-state index contributed by atoms with van der Waals surface area (Å²) in [6, 6.07) is 50.6. The van der Waals surface area contributed by atoms with Crippen molar-refractivity contribution in [2.45, 2.75) is 45.4 Å². The van der Waals surface area contributed by atoms with Crippen LogP contribution in [-0.2, 0) is 38.5 Å². The maximum absolute atomic E-state index is 5.87. The number of rotatable bonds is 11. The minimum absolute atomic E-state index is 0.809. The third-order valence-electron chi connectivity index (χ3n) is 8.71. The summed E-state index contributed by atoms with van der Waals surface area (Å²) in [7, 11) is 0. The molecule has 0 atom stereocenters. The van der Waals surface area contributed by atoms with E-state index in [9.17, 15) is 0 Å². The molecule has 0 radical (unpaired) electrons. The molecule has 0 heterocycles. The molecule has 45 heavy (non-hydrogen) atoms. The molecule has 2 heteroatoms. The number of hydrogen-bond acceptors (Lipinski definition) is 2. The van der Waals surface area contributed by atoms with Crippen LogP contribution in [0.25, 0.3) is 0 Å². The van der Waals surface area contributed by atoms with Crippen molar-refractivity contribution in [3.8, 4) is 0 Å². The van der Waals surface area contributed by atoms with Gasteiger partial charge >= 0.3 is 0 Å². The van der Waals surface area contributed by atoms with E-state index in [4.69, 9.17) is 11.5 Å². The average molecular weight is 587 g/mol. The second-order valence-corrected chi connectivity index (χ2v) is 12.3. The van der Waals surface area contributed by atoms with Crippen molar-refractivity contribution in [1.29, 1.82) is 0 Å². The highest BCUT2D eigenvalue weighted by atomic mass is 14.5. The van der Waals surface area contributed by atoms with Crippen LogP contribution in [-0.4, -0.2) is 0 Å². The minimum Gasteiger partial charge on any atom is -0.399 e. The molecule has 6 aromatic carbocycles. The number of hydrogen-bond donors (Lipinski definition) is 2. The van der Waals surface area contributed by atoms with E-state index in [-0.39, 0.29) is 0 Å². The zero-order valence-corrected chi connectivity index (χ0v) is 26.2. The first kappa shape index (κ1) is 30.0. The minimum atomic E-state index is 0.809. The highest BCUT2D eigenvalue weighted by Crippen LogP contribution is 2.21. The standard InChI is InChI=1S/C43H42N2/c1-2-40-30-39(15-20-41(40)29-38-18-23-43(45)24-19-38)28-36-13-11-34(12-14-36)26-32-5-3-31(4-6-32)25-33-7-9-35(10-8-33)27-37-16-21-42(44)22-17-37/h3-24,30H,2,25-29,44-45H2,1H3. The van der Waals surface area contributed by atoms with E-state index in [0.717, 1.165) is 49.9 Å². The van der Waals surface area contributed by atoms with Crippen LogP contribution >= 0.6 is 0 Å². The molecule has 0 spiro atoms. The van der Waals surface area contributed by atoms with Crippen molar-refractivity contribution in [1.82, 2.24) is 0 Å². The number of nitrogen functional groups attached to an aromatic ring is 2. The maximum Gasteiger partial charge on any atom is 0.0314 e. The van der Waals surface area contributed by atoms with Gasteiger partial charge in [-0.1, -0.05) is 122 Å². The molecule has 0 aliphatic carbocycles. The van der Waals surface area contributed by atoms with E-state index in [2.05, 4.69) is 122 Å². The summed E-state index contributed by atoms with van der Waals surface area (Å²) in [5, 5.41) is 0. The molecule has 0 bridgehead atoms. The van der Waals surface area contributed by atoms with Gasteiger partial charge in [0, 0.05) is 11.4 Å². The summed E-state index contributed by atoms with van der Waals surface area (Å²) in [6.07, 6.45) is 5.74. The molecule has 0 aliphatic rings. The second kappa shape index (κ2) is 14.1. The zero-order chi connectivity index (χ0) is 31.0. The van der Waals surface area contributed by atoms with Crippen molar-refractivity contribution in [2.75, 3.05) is 11.5 Å². The maximum atomic E-state index is 5.87. The Labute approximate surface area is 268 Å². The Morgan fingerprint density at radius 2 is 0.578 bits per heavy atom. The fourth-order valence-corrected chi connectivity index (χ4v) is 6.05.